The van der Waals surface area contributed by atoms with Crippen molar-refractivity contribution in [2.45, 2.75) is 25.3 Å². The van der Waals surface area contributed by atoms with Crippen molar-refractivity contribution in [2.24, 2.45) is 0 Å². The largest absolute Gasteiger partial charge is 0.368 e. The van der Waals surface area contributed by atoms with Gasteiger partial charge in [-0.3, -0.25) is 9.59 Å². The highest BCUT2D eigenvalue weighted by Gasteiger charge is 2.23. The number of carbonyl (C=O) groups is 2. The van der Waals surface area contributed by atoms with Crippen molar-refractivity contribution < 1.29 is 14.0 Å². The Morgan fingerprint density at radius 3 is 2.52 bits per heavy atom. The first-order chi connectivity index (χ1) is 12.1. The van der Waals surface area contributed by atoms with E-state index in [1.54, 1.807) is 12.1 Å². The molecule has 2 heterocycles. The summed E-state index contributed by atoms with van der Waals surface area (Å²) in [4.78, 5) is 28.2. The maximum Gasteiger partial charge on any atom is 0.237 e. The number of hydrogen-bond donors (Lipinski definition) is 2. The fraction of sp³-hybridized carbons (Fsp3) is 0.556. The molecule has 0 saturated carbocycles. The molecule has 1 atom stereocenters. The van der Waals surface area contributed by atoms with Gasteiger partial charge in [0.15, 0.2) is 0 Å². The van der Waals surface area contributed by atoms with E-state index in [0.717, 1.165) is 38.2 Å². The first kappa shape index (κ1) is 17.7. The Labute approximate surface area is 147 Å². The molecule has 25 heavy (non-hydrogen) atoms. The molecular weight excluding hydrogens is 323 g/mol. The zero-order valence-electron chi connectivity index (χ0n) is 14.3. The second kappa shape index (κ2) is 8.29. The van der Waals surface area contributed by atoms with Gasteiger partial charge in [-0.25, -0.2) is 4.39 Å². The second-order valence-corrected chi connectivity index (χ2v) is 6.53. The Morgan fingerprint density at radius 1 is 1.16 bits per heavy atom. The van der Waals surface area contributed by atoms with Gasteiger partial charge in [-0.1, -0.05) is 0 Å². The number of nitrogens with zero attached hydrogens (tertiary/aromatic N) is 2. The first-order valence-corrected chi connectivity index (χ1v) is 8.93. The normalized spacial score (nSPS) is 20.6. The second-order valence-electron chi connectivity index (χ2n) is 6.53. The van der Waals surface area contributed by atoms with E-state index < -0.39 is 0 Å². The van der Waals surface area contributed by atoms with Crippen molar-refractivity contribution in [3.63, 3.8) is 0 Å². The molecule has 1 aromatic rings. The molecule has 2 saturated heterocycles. The number of hydrogen-bond acceptors (Lipinski definition) is 4. The van der Waals surface area contributed by atoms with Crippen LogP contribution in [0.1, 0.15) is 19.3 Å². The summed E-state index contributed by atoms with van der Waals surface area (Å²) in [5.74, 6) is -0.183. The third-order valence-electron chi connectivity index (χ3n) is 4.84. The number of carbonyl (C=O) groups excluding carboxylic acids is 2. The molecule has 136 valence electrons. The molecule has 6 nitrogen and oxygen atoms in total. The molecule has 1 unspecified atom stereocenters. The summed E-state index contributed by atoms with van der Waals surface area (Å²) in [6, 6.07) is 6.33. The van der Waals surface area contributed by atoms with Crippen molar-refractivity contribution >= 4 is 17.5 Å². The van der Waals surface area contributed by atoms with Crippen molar-refractivity contribution in [1.29, 1.82) is 0 Å². The molecular formula is C18H25FN4O2. The van der Waals surface area contributed by atoms with E-state index >= 15 is 0 Å². The molecule has 2 aliphatic rings. The van der Waals surface area contributed by atoms with Crippen molar-refractivity contribution in [2.75, 3.05) is 44.2 Å². The smallest absolute Gasteiger partial charge is 0.237 e. The van der Waals surface area contributed by atoms with Crippen LogP contribution in [0, 0.1) is 5.82 Å². The van der Waals surface area contributed by atoms with Crippen LogP contribution >= 0.6 is 0 Å². The molecule has 2 aliphatic heterocycles. The van der Waals surface area contributed by atoms with E-state index in [9.17, 15) is 14.0 Å². The quantitative estimate of drug-likeness (QED) is 0.824. The molecule has 2 N–H and O–H groups in total. The number of anilines is 1. The van der Waals surface area contributed by atoms with Crippen LogP contribution in [0.3, 0.4) is 0 Å². The van der Waals surface area contributed by atoms with E-state index in [2.05, 4.69) is 15.5 Å². The average molecular weight is 348 g/mol. The highest BCUT2D eigenvalue weighted by molar-refractivity contribution is 5.83. The summed E-state index contributed by atoms with van der Waals surface area (Å²) in [7, 11) is 0. The van der Waals surface area contributed by atoms with E-state index in [1.165, 1.54) is 12.1 Å². The van der Waals surface area contributed by atoms with Crippen molar-refractivity contribution in [1.82, 2.24) is 15.5 Å². The summed E-state index contributed by atoms with van der Waals surface area (Å²) in [5.41, 5.74) is 0.977. The lowest BCUT2D eigenvalue weighted by atomic mass is 10.2. The molecule has 2 amide bonds. The summed E-state index contributed by atoms with van der Waals surface area (Å²) in [5, 5.41) is 5.99. The summed E-state index contributed by atoms with van der Waals surface area (Å²) >= 11 is 0. The van der Waals surface area contributed by atoms with Gasteiger partial charge in [0.2, 0.25) is 11.8 Å². The van der Waals surface area contributed by atoms with Crippen LogP contribution in [0.25, 0.3) is 0 Å². The van der Waals surface area contributed by atoms with E-state index in [-0.39, 0.29) is 23.7 Å². The number of piperazine rings is 1. The topological polar surface area (TPSA) is 64.7 Å². The molecule has 3 rings (SSSR count). The Kier molecular flexibility index (Phi) is 5.86. The maximum atomic E-state index is 13.0. The van der Waals surface area contributed by atoms with E-state index in [4.69, 9.17) is 0 Å². The number of rotatable bonds is 5. The molecule has 2 fully saturated rings. The third-order valence-corrected chi connectivity index (χ3v) is 4.84. The van der Waals surface area contributed by atoms with Gasteiger partial charge in [0.1, 0.15) is 5.82 Å². The minimum atomic E-state index is -0.243. The molecule has 0 aliphatic carbocycles. The molecule has 0 aromatic heterocycles. The minimum Gasteiger partial charge on any atom is -0.368 e. The van der Waals surface area contributed by atoms with Crippen molar-refractivity contribution in [3.05, 3.63) is 30.1 Å². The number of nitrogens with one attached hydrogen (secondary N) is 2. The Morgan fingerprint density at radius 2 is 1.88 bits per heavy atom. The van der Waals surface area contributed by atoms with Crippen LogP contribution in [0.4, 0.5) is 10.1 Å². The number of amides is 2. The molecule has 0 bridgehead atoms. The maximum absolute atomic E-state index is 13.0. The predicted octanol–water partition coefficient (Wildman–Crippen LogP) is 0.733. The van der Waals surface area contributed by atoms with Crippen LogP contribution < -0.4 is 15.5 Å². The lowest BCUT2D eigenvalue weighted by Crippen LogP contribution is -2.49. The van der Waals surface area contributed by atoms with Crippen LogP contribution in [-0.4, -0.2) is 62.0 Å². The molecule has 7 heteroatoms. The van der Waals surface area contributed by atoms with Gasteiger partial charge in [-0.2, -0.15) is 0 Å². The van der Waals surface area contributed by atoms with Crippen molar-refractivity contribution in [3.8, 4) is 0 Å². The summed E-state index contributed by atoms with van der Waals surface area (Å²) in [6.45, 7) is 4.03. The van der Waals surface area contributed by atoms with Gasteiger partial charge in [0.25, 0.3) is 0 Å². The van der Waals surface area contributed by atoms with E-state index in [0.29, 0.717) is 26.1 Å². The summed E-state index contributed by atoms with van der Waals surface area (Å²) in [6.07, 6.45) is 2.22. The number of halogens is 1. The van der Waals surface area contributed by atoms with Crippen LogP contribution in [0.15, 0.2) is 24.3 Å². The standard InChI is InChI=1S/C18H25FN4O2/c19-14-3-5-15(6-4-14)22-10-12-23(13-11-22)17(24)7-9-21-18(25)16-2-1-8-20-16/h3-6,16,20H,1-2,7-13H2,(H,21,25). The minimum absolute atomic E-state index is 0.00794. The monoisotopic (exact) mass is 348 g/mol. The fourth-order valence-corrected chi connectivity index (χ4v) is 3.35. The summed E-state index contributed by atoms with van der Waals surface area (Å²) < 4.78 is 13.0. The third kappa shape index (κ3) is 4.69. The van der Waals surface area contributed by atoms with Gasteiger partial charge in [-0.15, -0.1) is 0 Å². The first-order valence-electron chi connectivity index (χ1n) is 8.93. The zero-order chi connectivity index (χ0) is 17.6. The number of benzene rings is 1. The Balaban J connectivity index is 1.38. The van der Waals surface area contributed by atoms with Gasteiger partial charge in [-0.05, 0) is 43.7 Å². The fourth-order valence-electron chi connectivity index (χ4n) is 3.35. The Bertz CT molecular complexity index is 594. The van der Waals surface area contributed by atoms with Gasteiger partial charge >= 0.3 is 0 Å². The average Bonchev–Trinajstić information content (AvgIpc) is 3.17. The van der Waals surface area contributed by atoms with Crippen LogP contribution in [-0.2, 0) is 9.59 Å². The van der Waals surface area contributed by atoms with Gasteiger partial charge < -0.3 is 20.4 Å². The zero-order valence-corrected chi connectivity index (χ0v) is 14.3. The molecule has 0 spiro atoms. The van der Waals surface area contributed by atoms with Gasteiger partial charge in [0.05, 0.1) is 6.04 Å². The lowest BCUT2D eigenvalue weighted by Gasteiger charge is -2.36. The predicted molar refractivity (Wildman–Crippen MR) is 93.8 cm³/mol. The van der Waals surface area contributed by atoms with Crippen LogP contribution in [0.5, 0.6) is 0 Å². The molecule has 0 radical (unpaired) electrons. The molecule has 1 aromatic carbocycles. The van der Waals surface area contributed by atoms with Gasteiger partial charge in [0, 0.05) is 44.8 Å². The highest BCUT2D eigenvalue weighted by atomic mass is 19.1. The Hall–Kier alpha value is -2.15. The van der Waals surface area contributed by atoms with Crippen LogP contribution in [0.2, 0.25) is 0 Å². The highest BCUT2D eigenvalue weighted by Crippen LogP contribution is 2.17. The SMILES string of the molecule is O=C(NCCC(=O)N1CCN(c2ccc(F)cc2)CC1)C1CCCN1. The lowest BCUT2D eigenvalue weighted by molar-refractivity contribution is -0.131. The van der Waals surface area contributed by atoms with E-state index in [1.807, 2.05) is 4.90 Å².